The molecule has 3 nitrogen and oxygen atoms in total. The highest BCUT2D eigenvalue weighted by Crippen LogP contribution is 2.31. The molecule has 0 aliphatic rings. The lowest BCUT2D eigenvalue weighted by molar-refractivity contribution is 0.561. The van der Waals surface area contributed by atoms with Crippen LogP contribution >= 0.6 is 22.9 Å². The van der Waals surface area contributed by atoms with Crippen molar-refractivity contribution in [1.82, 2.24) is 9.78 Å². The van der Waals surface area contributed by atoms with E-state index in [9.17, 15) is 0 Å². The Balaban J connectivity index is 2.32. The standard InChI is InChI=1S/C13H18ClN3S/c1-3-7-17-13(10(14)8-16-17)12(15)11-6-5-9(4-2)18-11/h5-6,8,12H,3-4,7,15H2,1-2H3. The van der Waals surface area contributed by atoms with Crippen LogP contribution in [0.4, 0.5) is 0 Å². The van der Waals surface area contributed by atoms with E-state index in [0.29, 0.717) is 5.02 Å². The highest BCUT2D eigenvalue weighted by Gasteiger charge is 2.19. The first-order valence-electron chi connectivity index (χ1n) is 6.22. The third-order valence-electron chi connectivity index (χ3n) is 2.90. The first kappa shape index (κ1) is 13.6. The van der Waals surface area contributed by atoms with Gasteiger partial charge in [-0.15, -0.1) is 11.3 Å². The van der Waals surface area contributed by atoms with E-state index < -0.39 is 0 Å². The zero-order valence-electron chi connectivity index (χ0n) is 10.7. The Labute approximate surface area is 117 Å². The molecule has 2 heterocycles. The summed E-state index contributed by atoms with van der Waals surface area (Å²) in [7, 11) is 0. The molecule has 2 rings (SSSR count). The molecule has 0 aliphatic heterocycles. The molecule has 1 unspecified atom stereocenters. The second kappa shape index (κ2) is 5.87. The fraction of sp³-hybridized carbons (Fsp3) is 0.462. The van der Waals surface area contributed by atoms with Crippen LogP contribution in [0.15, 0.2) is 18.3 Å². The molecule has 0 spiro atoms. The van der Waals surface area contributed by atoms with Crippen LogP contribution in [0.3, 0.4) is 0 Å². The van der Waals surface area contributed by atoms with E-state index in [1.54, 1.807) is 17.5 Å². The monoisotopic (exact) mass is 283 g/mol. The van der Waals surface area contributed by atoms with Gasteiger partial charge < -0.3 is 5.73 Å². The highest BCUT2D eigenvalue weighted by molar-refractivity contribution is 7.12. The van der Waals surface area contributed by atoms with Crippen LogP contribution in [-0.2, 0) is 13.0 Å². The zero-order chi connectivity index (χ0) is 13.1. The summed E-state index contributed by atoms with van der Waals surface area (Å²) < 4.78 is 1.92. The van der Waals surface area contributed by atoms with Crippen molar-refractivity contribution in [2.24, 2.45) is 5.73 Å². The summed E-state index contributed by atoms with van der Waals surface area (Å²) in [4.78, 5) is 2.49. The molecular formula is C13H18ClN3S. The summed E-state index contributed by atoms with van der Waals surface area (Å²) in [5.74, 6) is 0. The van der Waals surface area contributed by atoms with Gasteiger partial charge in [0.05, 0.1) is 23.0 Å². The van der Waals surface area contributed by atoms with Gasteiger partial charge in [0.1, 0.15) is 0 Å². The topological polar surface area (TPSA) is 43.8 Å². The lowest BCUT2D eigenvalue weighted by atomic mass is 10.2. The van der Waals surface area contributed by atoms with E-state index in [-0.39, 0.29) is 6.04 Å². The highest BCUT2D eigenvalue weighted by atomic mass is 35.5. The number of nitrogens with zero attached hydrogens (tertiary/aromatic N) is 2. The summed E-state index contributed by atoms with van der Waals surface area (Å²) >= 11 is 7.96. The van der Waals surface area contributed by atoms with Gasteiger partial charge in [-0.1, -0.05) is 25.4 Å². The fourth-order valence-electron chi connectivity index (χ4n) is 1.96. The Morgan fingerprint density at radius 2 is 2.22 bits per heavy atom. The van der Waals surface area contributed by atoms with Crippen molar-refractivity contribution in [3.63, 3.8) is 0 Å². The van der Waals surface area contributed by atoms with Crippen molar-refractivity contribution in [3.8, 4) is 0 Å². The third kappa shape index (κ3) is 2.60. The summed E-state index contributed by atoms with van der Waals surface area (Å²) in [5.41, 5.74) is 7.25. The van der Waals surface area contributed by atoms with E-state index in [1.807, 2.05) is 4.68 Å². The van der Waals surface area contributed by atoms with Gasteiger partial charge in [-0.3, -0.25) is 4.68 Å². The van der Waals surface area contributed by atoms with Gasteiger partial charge in [0.25, 0.3) is 0 Å². The quantitative estimate of drug-likeness (QED) is 0.911. The Bertz CT molecular complexity index is 518. The number of rotatable bonds is 5. The molecule has 0 aliphatic carbocycles. The summed E-state index contributed by atoms with van der Waals surface area (Å²) in [6.07, 6.45) is 3.74. The van der Waals surface area contributed by atoms with Gasteiger partial charge >= 0.3 is 0 Å². The molecule has 2 N–H and O–H groups in total. The molecule has 0 fully saturated rings. The number of aromatic nitrogens is 2. The second-order valence-corrected chi connectivity index (χ2v) is 5.84. The first-order valence-corrected chi connectivity index (χ1v) is 7.42. The van der Waals surface area contributed by atoms with Gasteiger partial charge in [0.2, 0.25) is 0 Å². The van der Waals surface area contributed by atoms with E-state index in [4.69, 9.17) is 17.3 Å². The van der Waals surface area contributed by atoms with E-state index in [2.05, 4.69) is 31.1 Å². The van der Waals surface area contributed by atoms with Crippen molar-refractivity contribution >= 4 is 22.9 Å². The van der Waals surface area contributed by atoms with Gasteiger partial charge in [-0.2, -0.15) is 5.10 Å². The Kier molecular flexibility index (Phi) is 4.43. The molecule has 5 heteroatoms. The minimum Gasteiger partial charge on any atom is -0.318 e. The second-order valence-electron chi connectivity index (χ2n) is 4.24. The maximum atomic E-state index is 6.33. The molecule has 0 radical (unpaired) electrons. The van der Waals surface area contributed by atoms with Crippen LogP contribution in [0.2, 0.25) is 5.02 Å². The fourth-order valence-corrected chi connectivity index (χ4v) is 3.17. The van der Waals surface area contributed by atoms with Crippen molar-refractivity contribution in [2.75, 3.05) is 0 Å². The van der Waals surface area contributed by atoms with Crippen molar-refractivity contribution < 1.29 is 0 Å². The summed E-state index contributed by atoms with van der Waals surface area (Å²) in [6, 6.07) is 4.04. The number of thiophene rings is 1. The Morgan fingerprint density at radius 3 is 2.83 bits per heavy atom. The summed E-state index contributed by atoms with van der Waals surface area (Å²) in [5, 5.41) is 4.94. The van der Waals surface area contributed by atoms with E-state index >= 15 is 0 Å². The molecule has 0 saturated carbocycles. The van der Waals surface area contributed by atoms with Gasteiger partial charge in [0.15, 0.2) is 0 Å². The number of aryl methyl sites for hydroxylation is 2. The minimum atomic E-state index is -0.183. The molecule has 98 valence electrons. The minimum absolute atomic E-state index is 0.183. The van der Waals surface area contributed by atoms with Crippen LogP contribution in [0.5, 0.6) is 0 Å². The van der Waals surface area contributed by atoms with Gasteiger partial charge in [0, 0.05) is 16.3 Å². The van der Waals surface area contributed by atoms with Crippen molar-refractivity contribution in [1.29, 1.82) is 0 Å². The average molecular weight is 284 g/mol. The van der Waals surface area contributed by atoms with E-state index in [0.717, 1.165) is 30.0 Å². The number of hydrogen-bond acceptors (Lipinski definition) is 3. The third-order valence-corrected chi connectivity index (χ3v) is 4.50. The van der Waals surface area contributed by atoms with Crippen molar-refractivity contribution in [3.05, 3.63) is 38.8 Å². The largest absolute Gasteiger partial charge is 0.318 e. The molecule has 0 amide bonds. The maximum Gasteiger partial charge on any atom is 0.0837 e. The normalized spacial score (nSPS) is 12.9. The first-order chi connectivity index (χ1) is 8.67. The van der Waals surface area contributed by atoms with Gasteiger partial charge in [-0.25, -0.2) is 0 Å². The van der Waals surface area contributed by atoms with Crippen LogP contribution < -0.4 is 5.73 Å². The molecule has 0 aromatic carbocycles. The van der Waals surface area contributed by atoms with E-state index in [1.165, 1.54) is 4.88 Å². The lowest BCUT2D eigenvalue weighted by Gasteiger charge is -2.13. The van der Waals surface area contributed by atoms with Crippen LogP contribution in [-0.4, -0.2) is 9.78 Å². The maximum absolute atomic E-state index is 6.33. The molecule has 2 aromatic heterocycles. The number of hydrogen-bond donors (Lipinski definition) is 1. The van der Waals surface area contributed by atoms with Crippen LogP contribution in [0, 0.1) is 0 Å². The Hall–Kier alpha value is -0.840. The predicted molar refractivity (Wildman–Crippen MR) is 77.3 cm³/mol. The van der Waals surface area contributed by atoms with Crippen LogP contribution in [0.25, 0.3) is 0 Å². The van der Waals surface area contributed by atoms with Gasteiger partial charge in [-0.05, 0) is 25.0 Å². The zero-order valence-corrected chi connectivity index (χ0v) is 12.3. The number of halogens is 1. The molecule has 0 bridgehead atoms. The average Bonchev–Trinajstić information content (AvgIpc) is 2.96. The summed E-state index contributed by atoms with van der Waals surface area (Å²) in [6.45, 7) is 5.11. The van der Waals surface area contributed by atoms with Crippen LogP contribution in [0.1, 0.15) is 41.8 Å². The molecule has 18 heavy (non-hydrogen) atoms. The Morgan fingerprint density at radius 1 is 1.44 bits per heavy atom. The number of nitrogens with two attached hydrogens (primary N) is 1. The molecular weight excluding hydrogens is 266 g/mol. The lowest BCUT2D eigenvalue weighted by Crippen LogP contribution is -2.17. The predicted octanol–water partition coefficient (Wildman–Crippen LogP) is 3.62. The van der Waals surface area contributed by atoms with Crippen molar-refractivity contribution in [2.45, 2.75) is 39.3 Å². The molecule has 0 saturated heterocycles. The SMILES string of the molecule is CCCn1ncc(Cl)c1C(N)c1ccc(CC)s1. The smallest absolute Gasteiger partial charge is 0.0837 e. The molecule has 1 atom stereocenters. The molecule has 2 aromatic rings.